The minimum Gasteiger partial charge on any atom is -0.373 e. The maximum atomic E-state index is 6.23. The molecule has 0 aromatic rings. The topological polar surface area (TPSA) is 38.5 Å². The first kappa shape index (κ1) is 14.3. The van der Waals surface area contributed by atoms with Crippen molar-refractivity contribution in [1.29, 1.82) is 0 Å². The fourth-order valence-electron chi connectivity index (χ4n) is 4.11. The van der Waals surface area contributed by atoms with Gasteiger partial charge in [0, 0.05) is 25.2 Å². The van der Waals surface area contributed by atoms with Crippen LogP contribution in [-0.4, -0.2) is 42.3 Å². The molecule has 0 radical (unpaired) electrons. The van der Waals surface area contributed by atoms with E-state index in [1.807, 2.05) is 0 Å². The lowest BCUT2D eigenvalue weighted by Gasteiger charge is -2.54. The number of rotatable bonds is 2. The molecule has 0 spiro atoms. The van der Waals surface area contributed by atoms with E-state index < -0.39 is 0 Å². The Bertz CT molecular complexity index is 274. The van der Waals surface area contributed by atoms with Crippen molar-refractivity contribution >= 4 is 0 Å². The SMILES string of the molecule is CC1CCC(C)C(CN)(N2C[C@@H](C)O[C@@H](C)C2)C1. The number of nitrogens with two attached hydrogens (primary N) is 1. The number of ether oxygens (including phenoxy) is 1. The Labute approximate surface area is 112 Å². The standard InChI is InChI=1S/C15H30N2O/c1-11-5-6-12(2)15(7-11,10-16)17-8-13(3)18-14(4)9-17/h11-14H,5-10,16H2,1-4H3/t11?,12?,13-,14+,15?. The van der Waals surface area contributed by atoms with Gasteiger partial charge in [-0.3, -0.25) is 4.90 Å². The van der Waals surface area contributed by atoms with Gasteiger partial charge in [-0.05, 0) is 38.5 Å². The Hall–Kier alpha value is -0.120. The summed E-state index contributed by atoms with van der Waals surface area (Å²) in [7, 11) is 0. The first-order chi connectivity index (χ1) is 8.48. The smallest absolute Gasteiger partial charge is 0.0678 e. The monoisotopic (exact) mass is 254 g/mol. The van der Waals surface area contributed by atoms with Gasteiger partial charge >= 0.3 is 0 Å². The number of hydrogen-bond donors (Lipinski definition) is 1. The highest BCUT2D eigenvalue weighted by molar-refractivity contribution is 5.01. The first-order valence-corrected chi connectivity index (χ1v) is 7.58. The van der Waals surface area contributed by atoms with Crippen molar-refractivity contribution in [3.63, 3.8) is 0 Å². The molecule has 5 atom stereocenters. The van der Waals surface area contributed by atoms with Crippen LogP contribution in [0.4, 0.5) is 0 Å². The summed E-state index contributed by atoms with van der Waals surface area (Å²) >= 11 is 0. The Kier molecular flexibility index (Phi) is 4.35. The highest BCUT2D eigenvalue weighted by Gasteiger charge is 2.46. The third-order valence-electron chi connectivity index (χ3n) is 5.11. The van der Waals surface area contributed by atoms with Crippen LogP contribution >= 0.6 is 0 Å². The van der Waals surface area contributed by atoms with Crippen LogP contribution in [0.1, 0.15) is 47.0 Å². The molecule has 1 aliphatic carbocycles. The largest absolute Gasteiger partial charge is 0.373 e. The summed E-state index contributed by atoms with van der Waals surface area (Å²) in [6.45, 7) is 12.0. The predicted molar refractivity (Wildman–Crippen MR) is 75.5 cm³/mol. The normalized spacial score (nSPS) is 47.2. The second-order valence-corrected chi connectivity index (χ2v) is 6.76. The molecule has 18 heavy (non-hydrogen) atoms. The number of nitrogens with zero attached hydrogens (tertiary/aromatic N) is 1. The molecule has 3 unspecified atom stereocenters. The molecule has 0 bridgehead atoms. The number of hydrogen-bond acceptors (Lipinski definition) is 3. The van der Waals surface area contributed by atoms with Gasteiger partial charge < -0.3 is 10.5 Å². The molecule has 2 rings (SSSR count). The van der Waals surface area contributed by atoms with Gasteiger partial charge in [0.15, 0.2) is 0 Å². The van der Waals surface area contributed by atoms with Crippen LogP contribution in [0.15, 0.2) is 0 Å². The number of morpholine rings is 1. The van der Waals surface area contributed by atoms with E-state index in [4.69, 9.17) is 10.5 Å². The average molecular weight is 254 g/mol. The van der Waals surface area contributed by atoms with Crippen molar-refractivity contribution in [3.05, 3.63) is 0 Å². The van der Waals surface area contributed by atoms with E-state index in [1.165, 1.54) is 19.3 Å². The van der Waals surface area contributed by atoms with Crippen molar-refractivity contribution in [2.45, 2.75) is 64.7 Å². The van der Waals surface area contributed by atoms with Crippen molar-refractivity contribution in [2.75, 3.05) is 19.6 Å². The minimum atomic E-state index is 0.212. The fourth-order valence-corrected chi connectivity index (χ4v) is 4.11. The molecule has 1 heterocycles. The summed E-state index contributed by atoms with van der Waals surface area (Å²) < 4.78 is 5.88. The van der Waals surface area contributed by atoms with Gasteiger partial charge in [-0.15, -0.1) is 0 Å². The van der Waals surface area contributed by atoms with Crippen LogP contribution in [0.5, 0.6) is 0 Å². The first-order valence-electron chi connectivity index (χ1n) is 7.58. The quantitative estimate of drug-likeness (QED) is 0.821. The van der Waals surface area contributed by atoms with Crippen LogP contribution in [0.3, 0.4) is 0 Å². The molecule has 1 saturated carbocycles. The van der Waals surface area contributed by atoms with Gasteiger partial charge in [0.25, 0.3) is 0 Å². The molecule has 2 aliphatic rings. The molecule has 2 N–H and O–H groups in total. The summed E-state index contributed by atoms with van der Waals surface area (Å²) in [5.74, 6) is 1.51. The second-order valence-electron chi connectivity index (χ2n) is 6.76. The van der Waals surface area contributed by atoms with Gasteiger partial charge in [0.1, 0.15) is 0 Å². The van der Waals surface area contributed by atoms with E-state index in [9.17, 15) is 0 Å². The van der Waals surface area contributed by atoms with Crippen molar-refractivity contribution in [1.82, 2.24) is 4.90 Å². The van der Waals surface area contributed by atoms with E-state index in [1.54, 1.807) is 0 Å². The lowest BCUT2D eigenvalue weighted by Crippen LogP contribution is -2.65. The summed E-state index contributed by atoms with van der Waals surface area (Å²) in [5.41, 5.74) is 6.44. The molecule has 1 aliphatic heterocycles. The van der Waals surface area contributed by atoms with Crippen LogP contribution in [0.25, 0.3) is 0 Å². The van der Waals surface area contributed by atoms with E-state index in [0.717, 1.165) is 25.6 Å². The fraction of sp³-hybridized carbons (Fsp3) is 1.00. The Balaban J connectivity index is 2.19. The third kappa shape index (κ3) is 2.59. The Morgan fingerprint density at radius 3 is 2.28 bits per heavy atom. The zero-order chi connectivity index (χ0) is 13.3. The highest BCUT2D eigenvalue weighted by Crippen LogP contribution is 2.41. The Morgan fingerprint density at radius 2 is 1.72 bits per heavy atom. The third-order valence-corrected chi connectivity index (χ3v) is 5.11. The molecular formula is C15H30N2O. The van der Waals surface area contributed by atoms with Gasteiger partial charge in [-0.2, -0.15) is 0 Å². The average Bonchev–Trinajstić information content (AvgIpc) is 2.31. The zero-order valence-corrected chi connectivity index (χ0v) is 12.5. The summed E-state index contributed by atoms with van der Waals surface area (Å²) in [6, 6.07) is 0. The van der Waals surface area contributed by atoms with E-state index in [2.05, 4.69) is 32.6 Å². The molecule has 3 heteroatoms. The van der Waals surface area contributed by atoms with Gasteiger partial charge in [0.2, 0.25) is 0 Å². The molecule has 0 aromatic heterocycles. The maximum Gasteiger partial charge on any atom is 0.0678 e. The second kappa shape index (κ2) is 5.48. The molecule has 2 fully saturated rings. The zero-order valence-electron chi connectivity index (χ0n) is 12.5. The molecule has 106 valence electrons. The molecule has 0 amide bonds. The maximum absolute atomic E-state index is 6.23. The predicted octanol–water partition coefficient (Wildman–Crippen LogP) is 2.25. The van der Waals surface area contributed by atoms with Crippen molar-refractivity contribution in [3.8, 4) is 0 Å². The van der Waals surface area contributed by atoms with Crippen molar-refractivity contribution < 1.29 is 4.74 Å². The van der Waals surface area contributed by atoms with E-state index >= 15 is 0 Å². The molecule has 1 saturated heterocycles. The van der Waals surface area contributed by atoms with E-state index in [0.29, 0.717) is 18.1 Å². The Morgan fingerprint density at radius 1 is 1.11 bits per heavy atom. The lowest BCUT2D eigenvalue weighted by atomic mass is 9.68. The van der Waals surface area contributed by atoms with Gasteiger partial charge in [-0.1, -0.05) is 20.3 Å². The molecule has 3 nitrogen and oxygen atoms in total. The summed E-state index contributed by atoms with van der Waals surface area (Å²) in [5, 5.41) is 0. The summed E-state index contributed by atoms with van der Waals surface area (Å²) in [6.07, 6.45) is 4.60. The van der Waals surface area contributed by atoms with Crippen LogP contribution in [0.2, 0.25) is 0 Å². The van der Waals surface area contributed by atoms with Gasteiger partial charge in [-0.25, -0.2) is 0 Å². The lowest BCUT2D eigenvalue weighted by molar-refractivity contribution is -0.123. The van der Waals surface area contributed by atoms with Crippen LogP contribution in [0, 0.1) is 11.8 Å². The highest BCUT2D eigenvalue weighted by atomic mass is 16.5. The minimum absolute atomic E-state index is 0.212. The van der Waals surface area contributed by atoms with Crippen LogP contribution < -0.4 is 5.73 Å². The van der Waals surface area contributed by atoms with E-state index in [-0.39, 0.29) is 5.54 Å². The molecule has 0 aromatic carbocycles. The van der Waals surface area contributed by atoms with Gasteiger partial charge in [0.05, 0.1) is 12.2 Å². The summed E-state index contributed by atoms with van der Waals surface area (Å²) in [4.78, 5) is 2.64. The van der Waals surface area contributed by atoms with Crippen molar-refractivity contribution in [2.24, 2.45) is 17.6 Å². The van der Waals surface area contributed by atoms with Crippen LogP contribution in [-0.2, 0) is 4.74 Å². The molecular weight excluding hydrogens is 224 g/mol.